The highest BCUT2D eigenvalue weighted by atomic mass is 19.2. The van der Waals surface area contributed by atoms with Gasteiger partial charge in [-0.25, -0.2) is 8.78 Å². The number of benzene rings is 2. The Morgan fingerprint density at radius 3 is 2.54 bits per heavy atom. The lowest BCUT2D eigenvalue weighted by atomic mass is 10.2. The van der Waals surface area contributed by atoms with Gasteiger partial charge in [-0.3, -0.25) is 9.69 Å². The van der Waals surface area contributed by atoms with E-state index in [2.05, 4.69) is 5.32 Å². The minimum Gasteiger partial charge on any atom is -0.493 e. The van der Waals surface area contributed by atoms with E-state index in [0.717, 1.165) is 17.7 Å². The molecule has 0 unspecified atom stereocenters. The van der Waals surface area contributed by atoms with Crippen LogP contribution in [0.5, 0.6) is 11.5 Å². The van der Waals surface area contributed by atoms with E-state index in [4.69, 9.17) is 9.47 Å². The highest BCUT2D eigenvalue weighted by molar-refractivity contribution is 5.92. The molecule has 7 heteroatoms. The summed E-state index contributed by atoms with van der Waals surface area (Å²) in [5, 5.41) is 2.54. The maximum atomic E-state index is 13.2. The molecular formula is C19H22F2N2O3. The molecule has 5 nitrogen and oxygen atoms in total. The van der Waals surface area contributed by atoms with Crippen LogP contribution in [0.4, 0.5) is 14.5 Å². The van der Waals surface area contributed by atoms with Crippen molar-refractivity contribution in [3.63, 3.8) is 0 Å². The number of hydrogen-bond donors (Lipinski definition) is 1. The van der Waals surface area contributed by atoms with Crippen molar-refractivity contribution in [1.29, 1.82) is 0 Å². The minimum atomic E-state index is -1.00. The molecule has 0 aliphatic rings. The van der Waals surface area contributed by atoms with Crippen molar-refractivity contribution in [2.75, 3.05) is 32.6 Å². The Labute approximate surface area is 151 Å². The first-order chi connectivity index (χ1) is 12.4. The number of likely N-dealkylation sites (N-methyl/N-ethyl adjacent to an activating group) is 1. The van der Waals surface area contributed by atoms with Gasteiger partial charge in [-0.2, -0.15) is 0 Å². The smallest absolute Gasteiger partial charge is 0.238 e. The molecule has 140 valence electrons. The number of nitrogens with zero attached hydrogens (tertiary/aromatic N) is 1. The van der Waals surface area contributed by atoms with Crippen LogP contribution in [0, 0.1) is 11.6 Å². The summed E-state index contributed by atoms with van der Waals surface area (Å²) in [5.74, 6) is -0.986. The van der Waals surface area contributed by atoms with Crippen molar-refractivity contribution in [2.24, 2.45) is 0 Å². The number of carbonyl (C=O) groups is 1. The van der Waals surface area contributed by atoms with Gasteiger partial charge >= 0.3 is 0 Å². The quantitative estimate of drug-likeness (QED) is 0.780. The van der Waals surface area contributed by atoms with E-state index >= 15 is 0 Å². The molecule has 0 aromatic heterocycles. The normalized spacial score (nSPS) is 10.7. The van der Waals surface area contributed by atoms with Crippen LogP contribution in [0.1, 0.15) is 12.5 Å². The largest absolute Gasteiger partial charge is 0.493 e. The summed E-state index contributed by atoms with van der Waals surface area (Å²) >= 11 is 0. The van der Waals surface area contributed by atoms with E-state index in [-0.39, 0.29) is 18.1 Å². The summed E-state index contributed by atoms with van der Waals surface area (Å²) in [7, 11) is 3.36. The number of halogens is 2. The van der Waals surface area contributed by atoms with Gasteiger partial charge in [-0.15, -0.1) is 0 Å². The Kier molecular flexibility index (Phi) is 6.91. The van der Waals surface area contributed by atoms with Crippen molar-refractivity contribution in [3.05, 3.63) is 53.6 Å². The van der Waals surface area contributed by atoms with Gasteiger partial charge in [0.2, 0.25) is 5.91 Å². The zero-order chi connectivity index (χ0) is 19.1. The summed E-state index contributed by atoms with van der Waals surface area (Å²) in [5.41, 5.74) is 1.17. The van der Waals surface area contributed by atoms with Gasteiger partial charge in [0.05, 0.1) is 20.3 Å². The predicted octanol–water partition coefficient (Wildman–Crippen LogP) is 3.44. The first kappa shape index (κ1) is 19.7. The third-order valence-corrected chi connectivity index (χ3v) is 3.60. The maximum Gasteiger partial charge on any atom is 0.238 e. The molecule has 26 heavy (non-hydrogen) atoms. The molecule has 0 spiro atoms. The van der Waals surface area contributed by atoms with Gasteiger partial charge in [0.15, 0.2) is 23.1 Å². The van der Waals surface area contributed by atoms with Gasteiger partial charge in [-0.05, 0) is 43.8 Å². The standard InChI is InChI=1S/C19H22F2N2O3/c1-4-26-17-8-5-13(9-18(17)25-3)11-23(2)12-19(24)22-14-6-7-15(20)16(21)10-14/h5-10H,4,11-12H2,1-3H3,(H,22,24). The molecule has 2 rings (SSSR count). The average Bonchev–Trinajstić information content (AvgIpc) is 2.59. The van der Waals surface area contributed by atoms with Crippen LogP contribution >= 0.6 is 0 Å². The lowest BCUT2D eigenvalue weighted by Crippen LogP contribution is -2.29. The zero-order valence-electron chi connectivity index (χ0n) is 15.0. The second-order valence-electron chi connectivity index (χ2n) is 5.77. The summed E-state index contributed by atoms with van der Waals surface area (Å²) in [6.07, 6.45) is 0. The van der Waals surface area contributed by atoms with Gasteiger partial charge in [-0.1, -0.05) is 6.07 Å². The van der Waals surface area contributed by atoms with E-state index in [1.807, 2.05) is 25.1 Å². The fraction of sp³-hybridized carbons (Fsp3) is 0.316. The summed E-state index contributed by atoms with van der Waals surface area (Å²) in [4.78, 5) is 13.9. The monoisotopic (exact) mass is 364 g/mol. The average molecular weight is 364 g/mol. The van der Waals surface area contributed by atoms with Crippen LogP contribution in [0.25, 0.3) is 0 Å². The molecule has 0 heterocycles. The third kappa shape index (κ3) is 5.42. The van der Waals surface area contributed by atoms with Gasteiger partial charge < -0.3 is 14.8 Å². The zero-order valence-corrected chi connectivity index (χ0v) is 15.0. The van der Waals surface area contributed by atoms with E-state index in [1.54, 1.807) is 19.1 Å². The molecule has 0 saturated heterocycles. The lowest BCUT2D eigenvalue weighted by Gasteiger charge is -2.18. The molecule has 0 fully saturated rings. The van der Waals surface area contributed by atoms with E-state index in [1.165, 1.54) is 6.07 Å². The van der Waals surface area contributed by atoms with Crippen LogP contribution in [0.15, 0.2) is 36.4 Å². The number of amides is 1. The molecular weight excluding hydrogens is 342 g/mol. The van der Waals surface area contributed by atoms with E-state index in [9.17, 15) is 13.6 Å². The number of rotatable bonds is 8. The number of nitrogens with one attached hydrogen (secondary N) is 1. The van der Waals surface area contributed by atoms with Crippen LogP contribution in [0.3, 0.4) is 0 Å². The van der Waals surface area contributed by atoms with Gasteiger partial charge in [0.1, 0.15) is 0 Å². The molecule has 1 N–H and O–H groups in total. The van der Waals surface area contributed by atoms with Crippen molar-refractivity contribution in [3.8, 4) is 11.5 Å². The van der Waals surface area contributed by atoms with Crippen LogP contribution in [-0.2, 0) is 11.3 Å². The highest BCUT2D eigenvalue weighted by Crippen LogP contribution is 2.28. The van der Waals surface area contributed by atoms with E-state index < -0.39 is 11.6 Å². The molecule has 0 aliphatic carbocycles. The SMILES string of the molecule is CCOc1ccc(CN(C)CC(=O)Nc2ccc(F)c(F)c2)cc1OC. The van der Waals surface area contributed by atoms with Crippen molar-refractivity contribution in [2.45, 2.75) is 13.5 Å². The Hall–Kier alpha value is -2.67. The number of methoxy groups -OCH3 is 1. The number of anilines is 1. The van der Waals surface area contributed by atoms with Gasteiger partial charge in [0, 0.05) is 18.3 Å². The molecule has 0 atom stereocenters. The second-order valence-corrected chi connectivity index (χ2v) is 5.77. The molecule has 0 radical (unpaired) electrons. The lowest BCUT2D eigenvalue weighted by molar-refractivity contribution is -0.117. The number of ether oxygens (including phenoxy) is 2. The second kappa shape index (κ2) is 9.15. The third-order valence-electron chi connectivity index (χ3n) is 3.60. The topological polar surface area (TPSA) is 50.8 Å². The summed E-state index contributed by atoms with van der Waals surface area (Å²) < 4.78 is 36.9. The van der Waals surface area contributed by atoms with Crippen molar-refractivity contribution in [1.82, 2.24) is 4.90 Å². The Morgan fingerprint density at radius 1 is 1.12 bits per heavy atom. The highest BCUT2D eigenvalue weighted by Gasteiger charge is 2.11. The first-order valence-electron chi connectivity index (χ1n) is 8.16. The Morgan fingerprint density at radius 2 is 1.88 bits per heavy atom. The molecule has 0 bridgehead atoms. The van der Waals surface area contributed by atoms with Crippen molar-refractivity contribution >= 4 is 11.6 Å². The first-order valence-corrected chi connectivity index (χ1v) is 8.16. The van der Waals surface area contributed by atoms with Crippen LogP contribution in [0.2, 0.25) is 0 Å². The molecule has 0 aliphatic heterocycles. The fourth-order valence-electron chi connectivity index (χ4n) is 2.47. The van der Waals surface area contributed by atoms with Crippen LogP contribution < -0.4 is 14.8 Å². The Balaban J connectivity index is 1.94. The predicted molar refractivity (Wildman–Crippen MR) is 95.5 cm³/mol. The van der Waals surface area contributed by atoms with E-state index in [0.29, 0.717) is 24.7 Å². The number of carbonyl (C=O) groups excluding carboxylic acids is 1. The van der Waals surface area contributed by atoms with Crippen LogP contribution in [-0.4, -0.2) is 38.1 Å². The molecule has 0 saturated carbocycles. The summed E-state index contributed by atoms with van der Waals surface area (Å²) in [6.45, 7) is 3.04. The Bertz CT molecular complexity index is 768. The molecule has 1 amide bonds. The van der Waals surface area contributed by atoms with Crippen molar-refractivity contribution < 1.29 is 23.0 Å². The fourth-order valence-corrected chi connectivity index (χ4v) is 2.47. The number of hydrogen-bond acceptors (Lipinski definition) is 4. The molecule has 2 aromatic carbocycles. The maximum absolute atomic E-state index is 13.2. The molecule has 2 aromatic rings. The minimum absolute atomic E-state index is 0.0918. The van der Waals surface area contributed by atoms with Gasteiger partial charge in [0.25, 0.3) is 0 Å². The summed E-state index contributed by atoms with van der Waals surface area (Å²) in [6, 6.07) is 8.82.